The van der Waals surface area contributed by atoms with Gasteiger partial charge < -0.3 is 10.1 Å². The molecular weight excluding hydrogens is 266 g/mol. The Morgan fingerprint density at radius 1 is 1.50 bits per heavy atom. The summed E-state index contributed by atoms with van der Waals surface area (Å²) in [5.74, 6) is 0.549. The highest BCUT2D eigenvalue weighted by Gasteiger charge is 2.29. The molecule has 1 aromatic heterocycles. The number of nitrogens with one attached hydrogen (secondary N) is 1. The quantitative estimate of drug-likeness (QED) is 0.897. The molecule has 18 heavy (non-hydrogen) atoms. The van der Waals surface area contributed by atoms with Crippen molar-refractivity contribution >= 4 is 22.9 Å². The second-order valence-corrected chi connectivity index (χ2v) is 7.37. The van der Waals surface area contributed by atoms with Crippen molar-refractivity contribution in [1.82, 2.24) is 5.32 Å². The fourth-order valence-electron chi connectivity index (χ4n) is 2.28. The molecule has 2 heterocycles. The fourth-order valence-corrected chi connectivity index (χ4v) is 3.50. The Morgan fingerprint density at radius 2 is 2.28 bits per heavy atom. The van der Waals surface area contributed by atoms with Crippen LogP contribution in [0.15, 0.2) is 11.4 Å². The number of thiophene rings is 1. The van der Waals surface area contributed by atoms with Crippen LogP contribution in [0, 0.1) is 5.92 Å². The van der Waals surface area contributed by atoms with Gasteiger partial charge in [-0.05, 0) is 39.7 Å². The van der Waals surface area contributed by atoms with Gasteiger partial charge in [0.25, 0.3) is 0 Å². The molecule has 0 bridgehead atoms. The standard InChI is InChI=1S/C14H22ClNOS/c1-14(2,3)16-8-10-5-4-6-17-13(10)12-7-11(15)9-18-12/h7,9-10,13,16H,4-6,8H2,1-3H3. The van der Waals surface area contributed by atoms with E-state index in [4.69, 9.17) is 16.3 Å². The molecule has 0 radical (unpaired) electrons. The normalized spacial score (nSPS) is 25.3. The van der Waals surface area contributed by atoms with Crippen LogP contribution in [-0.4, -0.2) is 18.7 Å². The van der Waals surface area contributed by atoms with Crippen molar-refractivity contribution in [2.45, 2.75) is 45.3 Å². The lowest BCUT2D eigenvalue weighted by molar-refractivity contribution is -0.0271. The minimum absolute atomic E-state index is 0.162. The largest absolute Gasteiger partial charge is 0.372 e. The van der Waals surface area contributed by atoms with Gasteiger partial charge in [0.2, 0.25) is 0 Å². The highest BCUT2D eigenvalue weighted by atomic mass is 35.5. The van der Waals surface area contributed by atoms with Gasteiger partial charge in [-0.25, -0.2) is 0 Å². The smallest absolute Gasteiger partial charge is 0.0957 e. The highest BCUT2D eigenvalue weighted by molar-refractivity contribution is 7.10. The maximum atomic E-state index is 6.02. The summed E-state index contributed by atoms with van der Waals surface area (Å²) in [6.45, 7) is 8.48. The van der Waals surface area contributed by atoms with Crippen molar-refractivity contribution in [3.63, 3.8) is 0 Å². The molecule has 0 amide bonds. The average Bonchev–Trinajstić information content (AvgIpc) is 2.72. The van der Waals surface area contributed by atoms with E-state index in [-0.39, 0.29) is 11.6 Å². The molecule has 1 aromatic rings. The van der Waals surface area contributed by atoms with Crippen LogP contribution < -0.4 is 5.32 Å². The molecule has 0 aromatic carbocycles. The zero-order valence-electron chi connectivity index (χ0n) is 11.3. The maximum absolute atomic E-state index is 6.02. The summed E-state index contributed by atoms with van der Waals surface area (Å²) >= 11 is 7.72. The summed E-state index contributed by atoms with van der Waals surface area (Å²) in [4.78, 5) is 1.26. The first-order valence-corrected chi connectivity index (χ1v) is 7.82. The second-order valence-electron chi connectivity index (χ2n) is 5.99. The Kier molecular flexibility index (Phi) is 4.70. The number of hydrogen-bond donors (Lipinski definition) is 1. The van der Waals surface area contributed by atoms with Crippen molar-refractivity contribution < 1.29 is 4.74 Å². The zero-order chi connectivity index (χ0) is 13.2. The van der Waals surface area contributed by atoms with E-state index in [1.54, 1.807) is 11.3 Å². The van der Waals surface area contributed by atoms with Crippen molar-refractivity contribution in [3.05, 3.63) is 21.3 Å². The molecular formula is C14H22ClNOS. The molecule has 1 aliphatic rings. The number of halogens is 1. The summed E-state index contributed by atoms with van der Waals surface area (Å²) in [6.07, 6.45) is 2.60. The average molecular weight is 288 g/mol. The van der Waals surface area contributed by atoms with E-state index in [2.05, 4.69) is 26.1 Å². The Bertz CT molecular complexity index is 385. The van der Waals surface area contributed by atoms with Crippen LogP contribution in [-0.2, 0) is 4.74 Å². The van der Waals surface area contributed by atoms with Gasteiger partial charge in [-0.3, -0.25) is 0 Å². The van der Waals surface area contributed by atoms with Crippen LogP contribution in [0.4, 0.5) is 0 Å². The number of hydrogen-bond acceptors (Lipinski definition) is 3. The number of ether oxygens (including phenoxy) is 1. The summed E-state index contributed by atoms with van der Waals surface area (Å²) < 4.78 is 5.97. The van der Waals surface area contributed by atoms with Gasteiger partial charge in [-0.1, -0.05) is 11.6 Å². The van der Waals surface area contributed by atoms with Crippen LogP contribution in [0.5, 0.6) is 0 Å². The van der Waals surface area contributed by atoms with Crippen LogP contribution in [0.3, 0.4) is 0 Å². The van der Waals surface area contributed by atoms with Crippen LogP contribution in [0.25, 0.3) is 0 Å². The molecule has 0 saturated carbocycles. The molecule has 2 nitrogen and oxygen atoms in total. The summed E-state index contributed by atoms with van der Waals surface area (Å²) in [5, 5.41) is 6.40. The molecule has 2 unspecified atom stereocenters. The summed E-state index contributed by atoms with van der Waals surface area (Å²) in [5.41, 5.74) is 0.162. The molecule has 0 aliphatic carbocycles. The SMILES string of the molecule is CC(C)(C)NCC1CCCOC1c1cc(Cl)cs1. The van der Waals surface area contributed by atoms with Gasteiger partial charge >= 0.3 is 0 Å². The summed E-state index contributed by atoms with van der Waals surface area (Å²) in [7, 11) is 0. The van der Waals surface area contributed by atoms with Gasteiger partial charge in [-0.2, -0.15) is 0 Å². The zero-order valence-corrected chi connectivity index (χ0v) is 12.9. The minimum atomic E-state index is 0.162. The fraction of sp³-hybridized carbons (Fsp3) is 0.714. The van der Waals surface area contributed by atoms with Gasteiger partial charge in [0.05, 0.1) is 11.1 Å². The Hall–Kier alpha value is -0.0900. The van der Waals surface area contributed by atoms with Gasteiger partial charge in [0.15, 0.2) is 0 Å². The molecule has 1 fully saturated rings. The predicted octanol–water partition coefficient (Wildman–Crippen LogP) is 4.26. The lowest BCUT2D eigenvalue weighted by Gasteiger charge is -2.33. The Labute approximate surface area is 119 Å². The lowest BCUT2D eigenvalue weighted by Crippen LogP contribution is -2.41. The highest BCUT2D eigenvalue weighted by Crippen LogP contribution is 2.37. The van der Waals surface area contributed by atoms with E-state index in [0.29, 0.717) is 5.92 Å². The minimum Gasteiger partial charge on any atom is -0.372 e. The van der Waals surface area contributed by atoms with Gasteiger partial charge in [0.1, 0.15) is 0 Å². The summed E-state index contributed by atoms with van der Waals surface area (Å²) in [6, 6.07) is 2.05. The maximum Gasteiger partial charge on any atom is 0.0957 e. The molecule has 2 atom stereocenters. The third-order valence-electron chi connectivity index (χ3n) is 3.21. The van der Waals surface area contributed by atoms with Gasteiger partial charge in [0, 0.05) is 34.9 Å². The van der Waals surface area contributed by atoms with Crippen LogP contribution in [0.1, 0.15) is 44.6 Å². The van der Waals surface area contributed by atoms with Crippen molar-refractivity contribution in [2.24, 2.45) is 5.92 Å². The van der Waals surface area contributed by atoms with E-state index in [1.165, 1.54) is 11.3 Å². The van der Waals surface area contributed by atoms with E-state index in [0.717, 1.165) is 24.6 Å². The second kappa shape index (κ2) is 5.91. The van der Waals surface area contributed by atoms with Crippen molar-refractivity contribution in [2.75, 3.05) is 13.2 Å². The third kappa shape index (κ3) is 3.95. The first kappa shape index (κ1) is 14.3. The Morgan fingerprint density at radius 3 is 2.89 bits per heavy atom. The van der Waals surface area contributed by atoms with Crippen molar-refractivity contribution in [1.29, 1.82) is 0 Å². The van der Waals surface area contributed by atoms with Crippen molar-refractivity contribution in [3.8, 4) is 0 Å². The lowest BCUT2D eigenvalue weighted by atomic mass is 9.92. The first-order valence-electron chi connectivity index (χ1n) is 6.56. The first-order chi connectivity index (χ1) is 8.46. The molecule has 1 N–H and O–H groups in total. The number of rotatable bonds is 3. The predicted molar refractivity (Wildman–Crippen MR) is 78.5 cm³/mol. The molecule has 2 rings (SSSR count). The van der Waals surface area contributed by atoms with Crippen LogP contribution in [0.2, 0.25) is 5.02 Å². The van der Waals surface area contributed by atoms with Crippen LogP contribution >= 0.6 is 22.9 Å². The topological polar surface area (TPSA) is 21.3 Å². The molecule has 1 saturated heterocycles. The monoisotopic (exact) mass is 287 g/mol. The molecule has 0 spiro atoms. The Balaban J connectivity index is 2.02. The van der Waals surface area contributed by atoms with E-state index in [1.807, 2.05) is 11.4 Å². The van der Waals surface area contributed by atoms with E-state index >= 15 is 0 Å². The third-order valence-corrected chi connectivity index (χ3v) is 4.55. The van der Waals surface area contributed by atoms with E-state index < -0.39 is 0 Å². The van der Waals surface area contributed by atoms with E-state index in [9.17, 15) is 0 Å². The van der Waals surface area contributed by atoms with Gasteiger partial charge in [-0.15, -0.1) is 11.3 Å². The molecule has 1 aliphatic heterocycles. The molecule has 4 heteroatoms. The molecule has 102 valence electrons.